The molecule has 0 fully saturated rings. The number of hydrogen-bond donors (Lipinski definition) is 1. The number of aromatic amines is 1. The standard InChI is InChI=1S/C22H20N4O/c27-22(13-17-15-26-10-4-3-7-21(26)24-17)25-11-8-16(9-12-25)19-14-23-20-6-2-1-5-18(19)20/h1-8,10,14-15,23H,9,11-13H2. The minimum absolute atomic E-state index is 0.132. The average Bonchev–Trinajstić information content (AvgIpc) is 3.31. The van der Waals surface area contributed by atoms with Crippen molar-refractivity contribution in [1.29, 1.82) is 0 Å². The van der Waals surface area contributed by atoms with Gasteiger partial charge in [0, 0.05) is 48.1 Å². The van der Waals surface area contributed by atoms with Gasteiger partial charge >= 0.3 is 0 Å². The molecule has 4 aromatic rings. The number of H-pyrrole nitrogens is 1. The highest BCUT2D eigenvalue weighted by Gasteiger charge is 2.20. The minimum Gasteiger partial charge on any atom is -0.361 e. The highest BCUT2D eigenvalue weighted by atomic mass is 16.2. The number of nitrogens with one attached hydrogen (secondary N) is 1. The Bertz CT molecular complexity index is 1130. The van der Waals surface area contributed by atoms with Gasteiger partial charge < -0.3 is 14.3 Å². The Morgan fingerprint density at radius 2 is 2.04 bits per heavy atom. The molecule has 4 heterocycles. The molecule has 0 atom stereocenters. The molecular formula is C22H20N4O. The van der Waals surface area contributed by atoms with E-state index in [1.807, 2.05) is 46.0 Å². The molecule has 5 nitrogen and oxygen atoms in total. The number of aromatic nitrogens is 3. The lowest BCUT2D eigenvalue weighted by Crippen LogP contribution is -2.35. The number of rotatable bonds is 3. The molecular weight excluding hydrogens is 336 g/mol. The van der Waals surface area contributed by atoms with E-state index in [1.54, 1.807) is 0 Å². The van der Waals surface area contributed by atoms with Crippen LogP contribution < -0.4 is 0 Å². The molecule has 0 saturated carbocycles. The summed E-state index contributed by atoms with van der Waals surface area (Å²) in [4.78, 5) is 22.5. The second-order valence-electron chi connectivity index (χ2n) is 6.94. The normalized spacial score (nSPS) is 14.7. The first-order valence-electron chi connectivity index (χ1n) is 9.24. The number of pyridine rings is 1. The second-order valence-corrected chi connectivity index (χ2v) is 6.94. The van der Waals surface area contributed by atoms with Crippen LogP contribution in [0.15, 0.2) is 67.1 Å². The first-order valence-corrected chi connectivity index (χ1v) is 9.24. The lowest BCUT2D eigenvalue weighted by Gasteiger charge is -2.26. The third-order valence-electron chi connectivity index (χ3n) is 5.24. The molecule has 134 valence electrons. The lowest BCUT2D eigenvalue weighted by atomic mass is 9.99. The third kappa shape index (κ3) is 2.91. The fourth-order valence-electron chi connectivity index (χ4n) is 3.82. The van der Waals surface area contributed by atoms with E-state index in [0.29, 0.717) is 13.0 Å². The van der Waals surface area contributed by atoms with Gasteiger partial charge in [0.15, 0.2) is 0 Å². The summed E-state index contributed by atoms with van der Waals surface area (Å²) in [6.07, 6.45) is 9.36. The lowest BCUT2D eigenvalue weighted by molar-refractivity contribution is -0.130. The van der Waals surface area contributed by atoms with Gasteiger partial charge in [-0.3, -0.25) is 4.79 Å². The van der Waals surface area contributed by atoms with Crippen LogP contribution in [-0.2, 0) is 11.2 Å². The summed E-state index contributed by atoms with van der Waals surface area (Å²) in [5.74, 6) is 0.132. The summed E-state index contributed by atoms with van der Waals surface area (Å²) in [6, 6.07) is 14.2. The molecule has 1 amide bonds. The summed E-state index contributed by atoms with van der Waals surface area (Å²) >= 11 is 0. The highest BCUT2D eigenvalue weighted by Crippen LogP contribution is 2.29. The third-order valence-corrected chi connectivity index (χ3v) is 5.24. The zero-order valence-electron chi connectivity index (χ0n) is 14.9. The maximum atomic E-state index is 12.7. The summed E-state index contributed by atoms with van der Waals surface area (Å²) in [7, 11) is 0. The number of fused-ring (bicyclic) bond motifs is 2. The summed E-state index contributed by atoms with van der Waals surface area (Å²) < 4.78 is 1.95. The van der Waals surface area contributed by atoms with Crippen LogP contribution in [-0.4, -0.2) is 38.3 Å². The molecule has 0 aliphatic carbocycles. The van der Waals surface area contributed by atoms with E-state index in [2.05, 4.69) is 40.4 Å². The SMILES string of the molecule is O=C(Cc1cn2ccccc2n1)N1CC=C(c2c[nH]c3ccccc23)CC1. The zero-order chi connectivity index (χ0) is 18.2. The molecule has 0 radical (unpaired) electrons. The molecule has 0 spiro atoms. The van der Waals surface area contributed by atoms with Crippen LogP contribution >= 0.6 is 0 Å². The predicted octanol–water partition coefficient (Wildman–Crippen LogP) is 3.67. The summed E-state index contributed by atoms with van der Waals surface area (Å²) in [5.41, 5.74) is 5.40. The van der Waals surface area contributed by atoms with Crippen molar-refractivity contribution in [3.05, 3.63) is 78.4 Å². The van der Waals surface area contributed by atoms with Gasteiger partial charge in [0.1, 0.15) is 5.65 Å². The number of hydrogen-bond acceptors (Lipinski definition) is 2. The fourth-order valence-corrected chi connectivity index (χ4v) is 3.82. The Hall–Kier alpha value is -3.34. The first kappa shape index (κ1) is 15.9. The summed E-state index contributed by atoms with van der Waals surface area (Å²) in [5, 5.41) is 1.24. The molecule has 1 N–H and O–H groups in total. The average molecular weight is 356 g/mol. The highest BCUT2D eigenvalue weighted by molar-refractivity contribution is 5.93. The zero-order valence-corrected chi connectivity index (χ0v) is 14.9. The Morgan fingerprint density at radius 1 is 1.15 bits per heavy atom. The van der Waals surface area contributed by atoms with Gasteiger partial charge in [0.05, 0.1) is 12.1 Å². The van der Waals surface area contributed by atoms with Crippen molar-refractivity contribution in [2.75, 3.05) is 13.1 Å². The topological polar surface area (TPSA) is 53.4 Å². The molecule has 5 heteroatoms. The number of imidazole rings is 1. The van der Waals surface area contributed by atoms with Crippen LogP contribution in [0.4, 0.5) is 0 Å². The molecule has 0 bridgehead atoms. The maximum absolute atomic E-state index is 12.7. The minimum atomic E-state index is 0.132. The number of carbonyl (C=O) groups is 1. The van der Waals surface area contributed by atoms with Gasteiger partial charge in [-0.1, -0.05) is 30.3 Å². The monoisotopic (exact) mass is 356 g/mol. The smallest absolute Gasteiger partial charge is 0.228 e. The molecule has 1 aliphatic heterocycles. The molecule has 0 unspecified atom stereocenters. The number of amides is 1. The van der Waals surface area contributed by atoms with E-state index in [4.69, 9.17) is 0 Å². The van der Waals surface area contributed by atoms with Crippen molar-refractivity contribution in [3.63, 3.8) is 0 Å². The van der Waals surface area contributed by atoms with Crippen molar-refractivity contribution in [3.8, 4) is 0 Å². The van der Waals surface area contributed by atoms with Crippen LogP contribution in [0, 0.1) is 0 Å². The van der Waals surface area contributed by atoms with Crippen molar-refractivity contribution >= 4 is 28.0 Å². The first-order chi connectivity index (χ1) is 13.3. The van der Waals surface area contributed by atoms with Gasteiger partial charge in [-0.15, -0.1) is 0 Å². The molecule has 5 rings (SSSR count). The van der Waals surface area contributed by atoms with E-state index < -0.39 is 0 Å². The van der Waals surface area contributed by atoms with Crippen LogP contribution in [0.2, 0.25) is 0 Å². The quantitative estimate of drug-likeness (QED) is 0.609. The number of nitrogens with zero attached hydrogens (tertiary/aromatic N) is 3. The number of carbonyl (C=O) groups excluding carboxylic acids is 1. The van der Waals surface area contributed by atoms with Crippen LogP contribution in [0.25, 0.3) is 22.1 Å². The van der Waals surface area contributed by atoms with Crippen LogP contribution in [0.5, 0.6) is 0 Å². The second kappa shape index (κ2) is 6.43. The van der Waals surface area contributed by atoms with Crippen molar-refractivity contribution in [2.45, 2.75) is 12.8 Å². The van der Waals surface area contributed by atoms with E-state index in [9.17, 15) is 4.79 Å². The van der Waals surface area contributed by atoms with Crippen molar-refractivity contribution in [2.24, 2.45) is 0 Å². The molecule has 27 heavy (non-hydrogen) atoms. The van der Waals surface area contributed by atoms with E-state index >= 15 is 0 Å². The molecule has 1 aromatic carbocycles. The van der Waals surface area contributed by atoms with Gasteiger partial charge in [0.25, 0.3) is 0 Å². The molecule has 1 aliphatic rings. The Morgan fingerprint density at radius 3 is 2.89 bits per heavy atom. The van der Waals surface area contributed by atoms with Crippen molar-refractivity contribution < 1.29 is 4.79 Å². The molecule has 0 saturated heterocycles. The number of para-hydroxylation sites is 1. The van der Waals surface area contributed by atoms with Crippen LogP contribution in [0.1, 0.15) is 17.7 Å². The predicted molar refractivity (Wildman–Crippen MR) is 106 cm³/mol. The Labute approximate surface area is 156 Å². The summed E-state index contributed by atoms with van der Waals surface area (Å²) in [6.45, 7) is 1.40. The largest absolute Gasteiger partial charge is 0.361 e. The fraction of sp³-hybridized carbons (Fsp3) is 0.182. The van der Waals surface area contributed by atoms with E-state index in [1.165, 1.54) is 16.5 Å². The van der Waals surface area contributed by atoms with E-state index in [-0.39, 0.29) is 5.91 Å². The van der Waals surface area contributed by atoms with Crippen LogP contribution in [0.3, 0.4) is 0 Å². The van der Waals surface area contributed by atoms with Gasteiger partial charge in [-0.2, -0.15) is 0 Å². The maximum Gasteiger partial charge on any atom is 0.228 e. The van der Waals surface area contributed by atoms with Gasteiger partial charge in [-0.05, 0) is 30.2 Å². The Kier molecular flexibility index (Phi) is 3.78. The molecule has 3 aromatic heterocycles. The van der Waals surface area contributed by atoms with Gasteiger partial charge in [-0.25, -0.2) is 4.98 Å². The number of benzene rings is 1. The van der Waals surface area contributed by atoms with Crippen molar-refractivity contribution in [1.82, 2.24) is 19.3 Å². The Balaban J connectivity index is 1.31. The van der Waals surface area contributed by atoms with E-state index in [0.717, 1.165) is 29.8 Å². The van der Waals surface area contributed by atoms with Gasteiger partial charge in [0.2, 0.25) is 5.91 Å².